The highest BCUT2D eigenvalue weighted by Crippen LogP contribution is 2.29. The van der Waals surface area contributed by atoms with Crippen molar-refractivity contribution in [3.63, 3.8) is 0 Å². The van der Waals surface area contributed by atoms with E-state index in [1.807, 2.05) is 0 Å². The molecule has 2 rings (SSSR count). The van der Waals surface area contributed by atoms with Crippen LogP contribution in [0.2, 0.25) is 0 Å². The molecule has 2 fully saturated rings. The Hall–Kier alpha value is -0.130. The lowest BCUT2D eigenvalue weighted by molar-refractivity contribution is 0.319. The van der Waals surface area contributed by atoms with Crippen LogP contribution in [0.15, 0.2) is 0 Å². The van der Waals surface area contributed by atoms with Crippen molar-refractivity contribution in [2.24, 2.45) is 11.7 Å². The van der Waals surface area contributed by atoms with Crippen LogP contribution in [0, 0.1) is 5.92 Å². The summed E-state index contributed by atoms with van der Waals surface area (Å²) in [6.07, 6.45) is 4.23. The van der Waals surface area contributed by atoms with Gasteiger partial charge in [0.05, 0.1) is 11.5 Å². The van der Waals surface area contributed by atoms with Gasteiger partial charge in [-0.15, -0.1) is 0 Å². The number of hydrogen-bond donors (Lipinski definition) is 2. The fourth-order valence-electron chi connectivity index (χ4n) is 3.02. The predicted octanol–water partition coefficient (Wildman–Crippen LogP) is 0.281. The normalized spacial score (nSPS) is 42.6. The quantitative estimate of drug-likeness (QED) is 0.750. The molecule has 3 N–H and O–H groups in total. The van der Waals surface area contributed by atoms with E-state index in [9.17, 15) is 8.42 Å². The third-order valence-corrected chi connectivity index (χ3v) is 5.80. The Balaban J connectivity index is 2.01. The minimum atomic E-state index is -2.86. The molecule has 1 saturated heterocycles. The first-order chi connectivity index (χ1) is 7.45. The molecule has 16 heavy (non-hydrogen) atoms. The van der Waals surface area contributed by atoms with Gasteiger partial charge in [0.15, 0.2) is 9.84 Å². The van der Waals surface area contributed by atoms with Gasteiger partial charge in [0, 0.05) is 18.1 Å². The van der Waals surface area contributed by atoms with Crippen molar-refractivity contribution in [1.29, 1.82) is 0 Å². The molecule has 1 saturated carbocycles. The average Bonchev–Trinajstić information content (AvgIpc) is 2.72. The molecule has 0 aromatic heterocycles. The van der Waals surface area contributed by atoms with Crippen molar-refractivity contribution in [3.8, 4) is 0 Å². The topological polar surface area (TPSA) is 72.2 Å². The zero-order valence-corrected chi connectivity index (χ0v) is 10.7. The van der Waals surface area contributed by atoms with E-state index in [0.29, 0.717) is 24.8 Å². The van der Waals surface area contributed by atoms with Crippen molar-refractivity contribution < 1.29 is 8.42 Å². The van der Waals surface area contributed by atoms with Crippen molar-refractivity contribution in [1.82, 2.24) is 5.32 Å². The van der Waals surface area contributed by atoms with Gasteiger partial charge < -0.3 is 11.1 Å². The summed E-state index contributed by atoms with van der Waals surface area (Å²) in [6.45, 7) is 2.68. The molecule has 1 heterocycles. The number of nitrogens with two attached hydrogens (primary N) is 1. The highest BCUT2D eigenvalue weighted by atomic mass is 32.2. The monoisotopic (exact) mass is 246 g/mol. The molecule has 2 aliphatic rings. The second-order valence-corrected chi connectivity index (χ2v) is 7.77. The zero-order chi connectivity index (χ0) is 11.8. The van der Waals surface area contributed by atoms with E-state index < -0.39 is 9.84 Å². The van der Waals surface area contributed by atoms with Crippen LogP contribution in [0.25, 0.3) is 0 Å². The van der Waals surface area contributed by atoms with Crippen LogP contribution in [0.4, 0.5) is 0 Å². The molecule has 1 aliphatic heterocycles. The molecule has 0 aromatic carbocycles. The minimum absolute atomic E-state index is 0.224. The number of hydrogen-bond acceptors (Lipinski definition) is 4. The Morgan fingerprint density at radius 2 is 2.19 bits per heavy atom. The van der Waals surface area contributed by atoms with Crippen LogP contribution in [-0.4, -0.2) is 38.0 Å². The zero-order valence-electron chi connectivity index (χ0n) is 9.91. The minimum Gasteiger partial charge on any atom is -0.329 e. The Morgan fingerprint density at radius 3 is 2.62 bits per heavy atom. The van der Waals surface area contributed by atoms with Gasteiger partial charge in [0.25, 0.3) is 0 Å². The van der Waals surface area contributed by atoms with E-state index in [0.717, 1.165) is 18.8 Å². The predicted molar refractivity (Wildman–Crippen MR) is 65.0 cm³/mol. The largest absolute Gasteiger partial charge is 0.329 e. The Bertz CT molecular complexity index is 355. The number of rotatable bonds is 3. The van der Waals surface area contributed by atoms with Gasteiger partial charge in [0.2, 0.25) is 0 Å². The number of nitrogens with one attached hydrogen (secondary N) is 1. The van der Waals surface area contributed by atoms with Crippen LogP contribution in [0.3, 0.4) is 0 Å². The van der Waals surface area contributed by atoms with Crippen LogP contribution in [0.1, 0.15) is 32.6 Å². The fourth-order valence-corrected chi connectivity index (χ4v) is 5.05. The van der Waals surface area contributed by atoms with Crippen molar-refractivity contribution >= 4 is 9.84 Å². The average molecular weight is 246 g/mol. The Kier molecular flexibility index (Phi) is 3.29. The molecule has 0 aromatic rings. The first-order valence-electron chi connectivity index (χ1n) is 6.13. The molecule has 5 heteroatoms. The van der Waals surface area contributed by atoms with Crippen LogP contribution in [-0.2, 0) is 9.84 Å². The van der Waals surface area contributed by atoms with Crippen molar-refractivity contribution in [3.05, 3.63) is 0 Å². The van der Waals surface area contributed by atoms with Gasteiger partial charge in [-0.2, -0.15) is 0 Å². The van der Waals surface area contributed by atoms with Gasteiger partial charge in [-0.05, 0) is 31.6 Å². The third kappa shape index (κ3) is 2.57. The second kappa shape index (κ2) is 4.27. The van der Waals surface area contributed by atoms with Gasteiger partial charge >= 0.3 is 0 Å². The van der Waals surface area contributed by atoms with E-state index in [1.165, 1.54) is 6.42 Å². The molecule has 0 bridgehead atoms. The van der Waals surface area contributed by atoms with E-state index in [4.69, 9.17) is 5.73 Å². The Labute approximate surface area is 97.9 Å². The number of sulfone groups is 1. The standard InChI is InChI=1S/C11H22N2O2S/c1-9-2-3-10(6-9)13-11(7-12)4-5-16(14,15)8-11/h9-10,13H,2-8,12H2,1H3. The maximum Gasteiger partial charge on any atom is 0.152 e. The third-order valence-electron chi connectivity index (χ3n) is 3.98. The SMILES string of the molecule is CC1CCC(NC2(CN)CCS(=O)(=O)C2)C1. The molecule has 94 valence electrons. The second-order valence-electron chi connectivity index (χ2n) is 5.59. The van der Waals surface area contributed by atoms with Crippen LogP contribution in [0.5, 0.6) is 0 Å². The molecule has 3 unspecified atom stereocenters. The summed E-state index contributed by atoms with van der Waals surface area (Å²) in [5, 5.41) is 3.52. The maximum atomic E-state index is 11.5. The van der Waals surface area contributed by atoms with Crippen molar-refractivity contribution in [2.75, 3.05) is 18.1 Å². The fraction of sp³-hybridized carbons (Fsp3) is 1.00. The summed E-state index contributed by atoms with van der Waals surface area (Å²) in [6, 6.07) is 0.465. The first-order valence-corrected chi connectivity index (χ1v) is 7.95. The molecule has 0 amide bonds. The molecular weight excluding hydrogens is 224 g/mol. The van der Waals surface area contributed by atoms with E-state index in [-0.39, 0.29) is 11.3 Å². The van der Waals surface area contributed by atoms with E-state index >= 15 is 0 Å². The highest BCUT2D eigenvalue weighted by Gasteiger charge is 2.42. The summed E-state index contributed by atoms with van der Waals surface area (Å²) in [5.41, 5.74) is 5.44. The lowest BCUT2D eigenvalue weighted by Gasteiger charge is -2.31. The summed E-state index contributed by atoms with van der Waals surface area (Å²) in [7, 11) is -2.86. The molecule has 1 aliphatic carbocycles. The molecule has 0 radical (unpaired) electrons. The first kappa shape index (κ1) is 12.3. The molecule has 4 nitrogen and oxygen atoms in total. The van der Waals surface area contributed by atoms with Crippen molar-refractivity contribution in [2.45, 2.75) is 44.2 Å². The van der Waals surface area contributed by atoms with Gasteiger partial charge in [-0.1, -0.05) is 6.92 Å². The van der Waals surface area contributed by atoms with Gasteiger partial charge in [-0.25, -0.2) is 8.42 Å². The van der Waals surface area contributed by atoms with E-state index in [2.05, 4.69) is 12.2 Å². The van der Waals surface area contributed by atoms with Gasteiger partial charge in [-0.3, -0.25) is 0 Å². The maximum absolute atomic E-state index is 11.5. The summed E-state index contributed by atoms with van der Waals surface area (Å²) in [5.74, 6) is 1.27. The molecule has 3 atom stereocenters. The highest BCUT2D eigenvalue weighted by molar-refractivity contribution is 7.91. The van der Waals surface area contributed by atoms with Gasteiger partial charge in [0.1, 0.15) is 0 Å². The summed E-state index contributed by atoms with van der Waals surface area (Å²) >= 11 is 0. The molecular formula is C11H22N2O2S. The lowest BCUT2D eigenvalue weighted by atomic mass is 9.97. The molecule has 0 spiro atoms. The van der Waals surface area contributed by atoms with Crippen LogP contribution < -0.4 is 11.1 Å². The van der Waals surface area contributed by atoms with Crippen LogP contribution >= 0.6 is 0 Å². The Morgan fingerprint density at radius 1 is 1.44 bits per heavy atom. The summed E-state index contributed by atoms with van der Waals surface area (Å²) in [4.78, 5) is 0. The summed E-state index contributed by atoms with van der Waals surface area (Å²) < 4.78 is 23.1. The lowest BCUT2D eigenvalue weighted by Crippen LogP contribution is -2.55. The van der Waals surface area contributed by atoms with E-state index in [1.54, 1.807) is 0 Å². The smallest absolute Gasteiger partial charge is 0.152 e.